The van der Waals surface area contributed by atoms with E-state index in [-0.39, 0.29) is 0 Å². The summed E-state index contributed by atoms with van der Waals surface area (Å²) in [7, 11) is 7.20. The lowest BCUT2D eigenvalue weighted by atomic mass is 10.1. The first-order valence-corrected chi connectivity index (χ1v) is 10.2. The number of benzene rings is 2. The number of aliphatic imine (C=N–C) groups is 1. The largest absolute Gasteiger partial charge is 0.493 e. The van der Waals surface area contributed by atoms with Crippen LogP contribution in [0.3, 0.4) is 0 Å². The average Bonchev–Trinajstić information content (AvgIpc) is 3.16. The van der Waals surface area contributed by atoms with Crippen LogP contribution >= 0.6 is 0 Å². The minimum Gasteiger partial charge on any atom is -0.493 e. The number of aryl methyl sites for hydroxylation is 1. The second-order valence-corrected chi connectivity index (χ2v) is 7.45. The molecule has 30 heavy (non-hydrogen) atoms. The summed E-state index contributed by atoms with van der Waals surface area (Å²) in [4.78, 5) is 9.95. The number of nitrogens with one attached hydrogen (secondary N) is 2. The number of likely N-dealkylation sites (N-methyl/N-ethyl adjacent to an activating group) is 1. The monoisotopic (exact) mass is 408 g/mol. The second kappa shape index (κ2) is 10.1. The summed E-state index contributed by atoms with van der Waals surface area (Å²) in [6.45, 7) is 3.79. The van der Waals surface area contributed by atoms with E-state index in [9.17, 15) is 0 Å². The van der Waals surface area contributed by atoms with E-state index in [1.165, 1.54) is 27.6 Å². The maximum atomic E-state index is 5.40. The normalized spacial score (nSPS) is 11.6. The van der Waals surface area contributed by atoms with Crippen LogP contribution in [0.2, 0.25) is 0 Å². The number of hydrogen-bond donors (Lipinski definition) is 2. The molecule has 3 aromatic rings. The van der Waals surface area contributed by atoms with Crippen LogP contribution in [-0.4, -0.2) is 57.2 Å². The van der Waals surface area contributed by atoms with Crippen molar-refractivity contribution >= 4 is 16.9 Å². The number of aromatic amines is 1. The van der Waals surface area contributed by atoms with Crippen LogP contribution in [0.15, 0.2) is 47.6 Å². The summed E-state index contributed by atoms with van der Waals surface area (Å²) < 4.78 is 10.7. The van der Waals surface area contributed by atoms with E-state index in [0.717, 1.165) is 43.4 Å². The first kappa shape index (κ1) is 21.6. The zero-order valence-corrected chi connectivity index (χ0v) is 18.6. The number of rotatable bonds is 8. The van der Waals surface area contributed by atoms with Gasteiger partial charge in [0.1, 0.15) is 0 Å². The molecule has 0 aliphatic carbocycles. The van der Waals surface area contributed by atoms with Crippen molar-refractivity contribution in [1.82, 2.24) is 15.2 Å². The minimum absolute atomic E-state index is 0.750. The Morgan fingerprint density at radius 2 is 1.87 bits per heavy atom. The summed E-state index contributed by atoms with van der Waals surface area (Å²) >= 11 is 0. The highest BCUT2D eigenvalue weighted by Crippen LogP contribution is 2.27. The van der Waals surface area contributed by atoms with Gasteiger partial charge >= 0.3 is 0 Å². The number of aromatic nitrogens is 1. The molecule has 0 aliphatic rings. The lowest BCUT2D eigenvalue weighted by Crippen LogP contribution is -2.40. The number of ether oxygens (including phenoxy) is 2. The molecule has 0 bridgehead atoms. The van der Waals surface area contributed by atoms with Crippen molar-refractivity contribution in [1.29, 1.82) is 0 Å². The van der Waals surface area contributed by atoms with Crippen molar-refractivity contribution in [3.63, 3.8) is 0 Å². The molecule has 0 spiro atoms. The zero-order chi connectivity index (χ0) is 21.5. The van der Waals surface area contributed by atoms with Gasteiger partial charge in [0.15, 0.2) is 17.5 Å². The lowest BCUT2D eigenvalue weighted by Gasteiger charge is -2.22. The third-order valence-corrected chi connectivity index (χ3v) is 5.36. The third-order valence-electron chi connectivity index (χ3n) is 5.36. The summed E-state index contributed by atoms with van der Waals surface area (Å²) in [6, 6.07) is 12.6. The molecule has 0 saturated carbocycles. The molecule has 1 heterocycles. The van der Waals surface area contributed by atoms with Gasteiger partial charge in [-0.15, -0.1) is 0 Å². The molecular formula is C24H32N4O2. The van der Waals surface area contributed by atoms with Gasteiger partial charge in [0.05, 0.1) is 14.2 Å². The van der Waals surface area contributed by atoms with Crippen molar-refractivity contribution in [2.45, 2.75) is 19.8 Å². The smallest absolute Gasteiger partial charge is 0.193 e. The Labute approximate surface area is 178 Å². The van der Waals surface area contributed by atoms with Gasteiger partial charge in [-0.1, -0.05) is 18.2 Å². The SMILES string of the molecule is CN=C(NCCc1c[nH]c2cc(C)ccc12)N(C)CCc1ccc(OC)c(OC)c1. The fraction of sp³-hybridized carbons (Fsp3) is 0.375. The van der Waals surface area contributed by atoms with Crippen molar-refractivity contribution in [2.24, 2.45) is 4.99 Å². The van der Waals surface area contributed by atoms with Crippen LogP contribution in [0.4, 0.5) is 0 Å². The van der Waals surface area contributed by atoms with E-state index >= 15 is 0 Å². The molecule has 0 saturated heterocycles. The van der Waals surface area contributed by atoms with E-state index in [2.05, 4.69) is 64.6 Å². The molecule has 2 aromatic carbocycles. The molecule has 0 radical (unpaired) electrons. The highest BCUT2D eigenvalue weighted by atomic mass is 16.5. The first-order valence-electron chi connectivity index (χ1n) is 10.2. The Morgan fingerprint density at radius 1 is 1.07 bits per heavy atom. The van der Waals surface area contributed by atoms with Crippen molar-refractivity contribution in [2.75, 3.05) is 41.4 Å². The van der Waals surface area contributed by atoms with Gasteiger partial charge in [0.2, 0.25) is 0 Å². The van der Waals surface area contributed by atoms with Gasteiger partial charge in [0.25, 0.3) is 0 Å². The van der Waals surface area contributed by atoms with Gasteiger partial charge in [-0.2, -0.15) is 0 Å². The lowest BCUT2D eigenvalue weighted by molar-refractivity contribution is 0.354. The fourth-order valence-corrected chi connectivity index (χ4v) is 3.64. The molecule has 6 heteroatoms. The van der Waals surface area contributed by atoms with Gasteiger partial charge in [-0.25, -0.2) is 0 Å². The molecule has 2 N–H and O–H groups in total. The molecule has 0 aliphatic heterocycles. The second-order valence-electron chi connectivity index (χ2n) is 7.45. The zero-order valence-electron chi connectivity index (χ0n) is 18.6. The number of H-pyrrole nitrogens is 1. The van der Waals surface area contributed by atoms with E-state index in [4.69, 9.17) is 9.47 Å². The van der Waals surface area contributed by atoms with Crippen molar-refractivity contribution in [3.05, 3.63) is 59.3 Å². The molecule has 3 rings (SSSR count). The topological polar surface area (TPSA) is 61.9 Å². The predicted molar refractivity (Wildman–Crippen MR) is 124 cm³/mol. The van der Waals surface area contributed by atoms with Crippen LogP contribution in [0, 0.1) is 6.92 Å². The van der Waals surface area contributed by atoms with Gasteiger partial charge in [0, 0.05) is 44.3 Å². The maximum Gasteiger partial charge on any atom is 0.193 e. The van der Waals surface area contributed by atoms with Crippen LogP contribution in [0.25, 0.3) is 10.9 Å². The quantitative estimate of drug-likeness (QED) is 0.440. The summed E-state index contributed by atoms with van der Waals surface area (Å²) in [6.07, 6.45) is 3.93. The molecule has 6 nitrogen and oxygen atoms in total. The van der Waals surface area contributed by atoms with E-state index in [0.29, 0.717) is 0 Å². The standard InChI is InChI=1S/C24H32N4O2/c1-17-6-8-20-19(16-27-21(20)14-17)10-12-26-24(25-2)28(3)13-11-18-7-9-22(29-4)23(15-18)30-5/h6-9,14-16,27H,10-13H2,1-5H3,(H,25,26). The third kappa shape index (κ3) is 5.06. The minimum atomic E-state index is 0.750. The molecule has 0 atom stereocenters. The molecule has 1 aromatic heterocycles. The number of guanidine groups is 1. The van der Waals surface area contributed by atoms with Crippen LogP contribution in [0.5, 0.6) is 11.5 Å². The number of nitrogens with zero attached hydrogens (tertiary/aromatic N) is 2. The van der Waals surface area contributed by atoms with E-state index < -0.39 is 0 Å². The molecule has 0 fully saturated rings. The fourth-order valence-electron chi connectivity index (χ4n) is 3.64. The summed E-state index contributed by atoms with van der Waals surface area (Å²) in [5, 5.41) is 4.77. The summed E-state index contributed by atoms with van der Waals surface area (Å²) in [5.74, 6) is 2.40. The number of methoxy groups -OCH3 is 2. The van der Waals surface area contributed by atoms with Crippen molar-refractivity contribution < 1.29 is 9.47 Å². The van der Waals surface area contributed by atoms with E-state index in [1.807, 2.05) is 19.2 Å². The first-order chi connectivity index (χ1) is 14.5. The average molecular weight is 409 g/mol. The Bertz CT molecular complexity index is 1010. The number of fused-ring (bicyclic) bond motifs is 1. The van der Waals surface area contributed by atoms with Crippen LogP contribution in [0.1, 0.15) is 16.7 Å². The maximum absolute atomic E-state index is 5.40. The highest BCUT2D eigenvalue weighted by molar-refractivity contribution is 5.84. The highest BCUT2D eigenvalue weighted by Gasteiger charge is 2.09. The number of hydrogen-bond acceptors (Lipinski definition) is 3. The Kier molecular flexibility index (Phi) is 7.22. The molecule has 0 unspecified atom stereocenters. The Hall–Kier alpha value is -3.15. The van der Waals surface area contributed by atoms with Gasteiger partial charge in [-0.3, -0.25) is 4.99 Å². The Balaban J connectivity index is 1.53. The van der Waals surface area contributed by atoms with E-state index in [1.54, 1.807) is 14.2 Å². The predicted octanol–water partition coefficient (Wildman–Crippen LogP) is 3.79. The molecular weight excluding hydrogens is 376 g/mol. The Morgan fingerprint density at radius 3 is 2.60 bits per heavy atom. The van der Waals surface area contributed by atoms with Crippen molar-refractivity contribution in [3.8, 4) is 11.5 Å². The molecule has 0 amide bonds. The van der Waals surface area contributed by atoms with Crippen LogP contribution in [-0.2, 0) is 12.8 Å². The summed E-state index contributed by atoms with van der Waals surface area (Å²) in [5.41, 5.74) is 4.98. The van der Waals surface area contributed by atoms with Crippen LogP contribution < -0.4 is 14.8 Å². The van der Waals surface area contributed by atoms with Gasteiger partial charge < -0.3 is 24.7 Å². The molecule has 160 valence electrons. The van der Waals surface area contributed by atoms with Gasteiger partial charge in [-0.05, 0) is 54.7 Å².